The minimum Gasteiger partial charge on any atom is -0.383 e. The second kappa shape index (κ2) is 5.24. The summed E-state index contributed by atoms with van der Waals surface area (Å²) >= 11 is 11.2. The molecule has 0 saturated heterocycles. The predicted molar refractivity (Wildman–Crippen MR) is 89.1 cm³/mol. The highest BCUT2D eigenvalue weighted by molar-refractivity contribution is 9.10. The van der Waals surface area contributed by atoms with Crippen LogP contribution < -0.4 is 5.73 Å². The van der Waals surface area contributed by atoms with Gasteiger partial charge in [-0.3, -0.25) is 4.68 Å². The van der Waals surface area contributed by atoms with Gasteiger partial charge < -0.3 is 5.73 Å². The molecule has 0 aliphatic rings. The zero-order chi connectivity index (χ0) is 14.3. The molecule has 0 spiro atoms. The molecule has 0 fully saturated rings. The van der Waals surface area contributed by atoms with Crippen LogP contribution in [0, 0.1) is 0 Å². The first-order valence-electron chi connectivity index (χ1n) is 5.89. The first-order valence-corrected chi connectivity index (χ1v) is 7.94. The average Bonchev–Trinajstić information content (AvgIpc) is 2.96. The molecule has 0 aliphatic heterocycles. The van der Waals surface area contributed by atoms with Gasteiger partial charge in [0.25, 0.3) is 0 Å². The summed E-state index contributed by atoms with van der Waals surface area (Å²) in [5, 5.41) is 7.17. The van der Waals surface area contributed by atoms with Gasteiger partial charge in [-0.25, -0.2) is 0 Å². The second-order valence-corrected chi connectivity index (χ2v) is 6.58. The molecule has 0 bridgehead atoms. The van der Waals surface area contributed by atoms with Crippen LogP contribution in [-0.2, 0) is 7.05 Å². The molecule has 3 rings (SSSR count). The Labute approximate surface area is 134 Å². The Balaban J connectivity index is 2.25. The van der Waals surface area contributed by atoms with Crippen molar-refractivity contribution < 1.29 is 0 Å². The molecule has 2 N–H and O–H groups in total. The molecule has 3 aromatic rings. The number of halogens is 2. The van der Waals surface area contributed by atoms with E-state index in [9.17, 15) is 0 Å². The molecule has 0 aliphatic carbocycles. The zero-order valence-electron chi connectivity index (χ0n) is 10.6. The van der Waals surface area contributed by atoms with Gasteiger partial charge in [-0.1, -0.05) is 39.7 Å². The van der Waals surface area contributed by atoms with E-state index >= 15 is 0 Å². The molecule has 0 radical (unpaired) electrons. The van der Waals surface area contributed by atoms with Crippen LogP contribution in [0.3, 0.4) is 0 Å². The Bertz CT molecular complexity index is 761. The second-order valence-electron chi connectivity index (χ2n) is 4.34. The van der Waals surface area contributed by atoms with Crippen LogP contribution in [-0.4, -0.2) is 9.78 Å². The van der Waals surface area contributed by atoms with Gasteiger partial charge in [-0.15, -0.1) is 11.3 Å². The van der Waals surface area contributed by atoms with E-state index in [4.69, 9.17) is 17.3 Å². The summed E-state index contributed by atoms with van der Waals surface area (Å²) < 4.78 is 2.71. The fraction of sp³-hybridized carbons (Fsp3) is 0.0714. The SMILES string of the molecule is Cn1nc(-c2sccc2Cl)c(-c2ccc(Br)cc2)c1N. The van der Waals surface area contributed by atoms with Crippen LogP contribution in [0.4, 0.5) is 5.82 Å². The Hall–Kier alpha value is -1.30. The summed E-state index contributed by atoms with van der Waals surface area (Å²) in [7, 11) is 1.84. The first kappa shape index (κ1) is 13.7. The van der Waals surface area contributed by atoms with Crippen LogP contribution >= 0.6 is 38.9 Å². The lowest BCUT2D eigenvalue weighted by atomic mass is 10.0. The molecular formula is C14H11BrClN3S. The first-order chi connectivity index (χ1) is 9.58. The number of nitrogens with zero attached hydrogens (tertiary/aromatic N) is 2. The molecular weight excluding hydrogens is 358 g/mol. The quantitative estimate of drug-likeness (QED) is 0.705. The van der Waals surface area contributed by atoms with Crippen molar-refractivity contribution in [3.63, 3.8) is 0 Å². The maximum Gasteiger partial charge on any atom is 0.129 e. The van der Waals surface area contributed by atoms with E-state index in [2.05, 4.69) is 21.0 Å². The number of aryl methyl sites for hydroxylation is 1. The highest BCUT2D eigenvalue weighted by Gasteiger charge is 2.20. The van der Waals surface area contributed by atoms with E-state index in [1.54, 1.807) is 16.0 Å². The normalized spacial score (nSPS) is 10.9. The third-order valence-corrected chi connectivity index (χ3v) is 4.93. The standard InChI is InChI=1S/C14H11BrClN3S/c1-19-14(17)11(8-2-4-9(15)5-3-8)12(18-19)13-10(16)6-7-20-13/h2-7H,17H2,1H3. The van der Waals surface area contributed by atoms with Gasteiger partial charge in [-0.2, -0.15) is 5.10 Å². The summed E-state index contributed by atoms with van der Waals surface area (Å²) in [5.41, 5.74) is 8.95. The maximum atomic E-state index is 6.23. The van der Waals surface area contributed by atoms with Crippen LogP contribution in [0.5, 0.6) is 0 Å². The zero-order valence-corrected chi connectivity index (χ0v) is 13.8. The highest BCUT2D eigenvalue weighted by Crippen LogP contribution is 2.41. The Morgan fingerprint density at radius 3 is 2.55 bits per heavy atom. The van der Waals surface area contributed by atoms with E-state index in [1.807, 2.05) is 42.8 Å². The summed E-state index contributed by atoms with van der Waals surface area (Å²) in [6, 6.07) is 9.88. The number of hydrogen-bond donors (Lipinski definition) is 1. The molecule has 0 amide bonds. The number of thiophene rings is 1. The van der Waals surface area contributed by atoms with Gasteiger partial charge in [0, 0.05) is 11.5 Å². The van der Waals surface area contributed by atoms with E-state index in [-0.39, 0.29) is 0 Å². The molecule has 2 heterocycles. The molecule has 6 heteroatoms. The van der Waals surface area contributed by atoms with Gasteiger partial charge in [0.05, 0.1) is 15.5 Å². The molecule has 2 aromatic heterocycles. The van der Waals surface area contributed by atoms with Gasteiger partial charge in [0.2, 0.25) is 0 Å². The number of hydrogen-bond acceptors (Lipinski definition) is 3. The molecule has 20 heavy (non-hydrogen) atoms. The minimum absolute atomic E-state index is 0.631. The molecule has 1 aromatic carbocycles. The predicted octanol–water partition coefficient (Wildman–Crippen LogP) is 4.81. The summed E-state index contributed by atoms with van der Waals surface area (Å²) in [6.45, 7) is 0. The number of aromatic nitrogens is 2. The number of nitrogens with two attached hydrogens (primary N) is 1. The van der Waals surface area contributed by atoms with Crippen molar-refractivity contribution in [2.24, 2.45) is 7.05 Å². The lowest BCUT2D eigenvalue weighted by molar-refractivity contribution is 0.783. The van der Waals surface area contributed by atoms with Crippen molar-refractivity contribution >= 4 is 44.7 Å². The molecule has 3 nitrogen and oxygen atoms in total. The van der Waals surface area contributed by atoms with Gasteiger partial charge in [0.1, 0.15) is 11.5 Å². The third kappa shape index (κ3) is 2.26. The van der Waals surface area contributed by atoms with E-state index in [0.29, 0.717) is 10.8 Å². The summed E-state index contributed by atoms with van der Waals surface area (Å²) in [6.07, 6.45) is 0. The number of rotatable bonds is 2. The minimum atomic E-state index is 0.631. The van der Waals surface area contributed by atoms with Gasteiger partial charge >= 0.3 is 0 Å². The van der Waals surface area contributed by atoms with Crippen molar-refractivity contribution in [3.05, 3.63) is 45.2 Å². The van der Waals surface area contributed by atoms with E-state index in [0.717, 1.165) is 26.2 Å². The van der Waals surface area contributed by atoms with Crippen molar-refractivity contribution in [1.82, 2.24) is 9.78 Å². The maximum absolute atomic E-state index is 6.23. The Morgan fingerprint density at radius 1 is 1.25 bits per heavy atom. The Kier molecular flexibility index (Phi) is 3.58. The fourth-order valence-corrected chi connectivity index (χ4v) is 3.46. The molecule has 102 valence electrons. The van der Waals surface area contributed by atoms with Gasteiger partial charge in [0.15, 0.2) is 0 Å². The molecule has 0 saturated carbocycles. The van der Waals surface area contributed by atoms with E-state index < -0.39 is 0 Å². The van der Waals surface area contributed by atoms with Gasteiger partial charge in [-0.05, 0) is 29.1 Å². The fourth-order valence-electron chi connectivity index (χ4n) is 2.06. The summed E-state index contributed by atoms with van der Waals surface area (Å²) in [4.78, 5) is 0.942. The summed E-state index contributed by atoms with van der Waals surface area (Å²) in [5.74, 6) is 0.631. The van der Waals surface area contributed by atoms with E-state index in [1.165, 1.54) is 0 Å². The van der Waals surface area contributed by atoms with Crippen molar-refractivity contribution in [1.29, 1.82) is 0 Å². The van der Waals surface area contributed by atoms with Crippen molar-refractivity contribution in [3.8, 4) is 21.7 Å². The number of benzene rings is 1. The monoisotopic (exact) mass is 367 g/mol. The largest absolute Gasteiger partial charge is 0.383 e. The Morgan fingerprint density at radius 2 is 1.95 bits per heavy atom. The molecule has 0 atom stereocenters. The lowest BCUT2D eigenvalue weighted by Gasteiger charge is -2.04. The van der Waals surface area contributed by atoms with Crippen LogP contribution in [0.15, 0.2) is 40.2 Å². The topological polar surface area (TPSA) is 43.8 Å². The van der Waals surface area contributed by atoms with Crippen molar-refractivity contribution in [2.45, 2.75) is 0 Å². The van der Waals surface area contributed by atoms with Crippen LogP contribution in [0.2, 0.25) is 5.02 Å². The van der Waals surface area contributed by atoms with Crippen molar-refractivity contribution in [2.75, 3.05) is 5.73 Å². The smallest absolute Gasteiger partial charge is 0.129 e. The third-order valence-electron chi connectivity index (χ3n) is 3.06. The van der Waals surface area contributed by atoms with Crippen LogP contribution in [0.1, 0.15) is 0 Å². The highest BCUT2D eigenvalue weighted by atomic mass is 79.9. The lowest BCUT2D eigenvalue weighted by Crippen LogP contribution is -1.97. The molecule has 0 unspecified atom stereocenters. The number of anilines is 1. The average molecular weight is 369 g/mol. The van der Waals surface area contributed by atoms with Crippen LogP contribution in [0.25, 0.3) is 21.7 Å². The number of nitrogen functional groups attached to an aromatic ring is 1.